The Morgan fingerprint density at radius 1 is 1.28 bits per heavy atom. The maximum absolute atomic E-state index is 5.51. The van der Waals surface area contributed by atoms with E-state index >= 15 is 0 Å². The minimum Gasteiger partial charge on any atom is -0.464 e. The number of aromatic nitrogens is 1. The summed E-state index contributed by atoms with van der Waals surface area (Å²) in [5.74, 6) is 0. The fourth-order valence-corrected chi connectivity index (χ4v) is 2.72. The molecule has 0 amide bonds. The standard InChI is InChI=1S/C14H14N2OS/c1-10-14(18-9-16-10)7-15-6-11-8-17-13-5-3-2-4-12(11)13/h2-5,8-9,15H,6-7H2,1H3. The highest BCUT2D eigenvalue weighted by Crippen LogP contribution is 2.20. The first-order valence-corrected chi connectivity index (χ1v) is 6.77. The summed E-state index contributed by atoms with van der Waals surface area (Å²) in [6, 6.07) is 8.11. The second-order valence-electron chi connectivity index (χ2n) is 4.22. The first-order valence-electron chi connectivity index (χ1n) is 5.89. The van der Waals surface area contributed by atoms with Crippen molar-refractivity contribution in [1.82, 2.24) is 10.3 Å². The van der Waals surface area contributed by atoms with Crippen LogP contribution in [-0.4, -0.2) is 4.98 Å². The Hall–Kier alpha value is -1.65. The summed E-state index contributed by atoms with van der Waals surface area (Å²) in [5, 5.41) is 4.62. The van der Waals surface area contributed by atoms with E-state index in [1.165, 1.54) is 15.8 Å². The molecule has 0 aliphatic rings. The minimum absolute atomic E-state index is 0.814. The van der Waals surface area contributed by atoms with E-state index in [0.29, 0.717) is 0 Å². The number of hydrogen-bond acceptors (Lipinski definition) is 4. The molecule has 4 heteroatoms. The number of thiazole rings is 1. The van der Waals surface area contributed by atoms with E-state index in [1.807, 2.05) is 36.9 Å². The first-order chi connectivity index (χ1) is 8.84. The van der Waals surface area contributed by atoms with Gasteiger partial charge in [0.1, 0.15) is 5.58 Å². The van der Waals surface area contributed by atoms with Crippen molar-refractivity contribution in [2.45, 2.75) is 20.0 Å². The maximum atomic E-state index is 5.51. The lowest BCUT2D eigenvalue weighted by Crippen LogP contribution is -2.12. The summed E-state index contributed by atoms with van der Waals surface area (Å²) in [4.78, 5) is 5.54. The number of fused-ring (bicyclic) bond motifs is 1. The van der Waals surface area contributed by atoms with E-state index in [9.17, 15) is 0 Å². The lowest BCUT2D eigenvalue weighted by Gasteiger charge is -2.02. The van der Waals surface area contributed by atoms with Gasteiger partial charge in [0.05, 0.1) is 17.5 Å². The number of aryl methyl sites for hydroxylation is 1. The van der Waals surface area contributed by atoms with Crippen molar-refractivity contribution in [1.29, 1.82) is 0 Å². The molecule has 2 heterocycles. The van der Waals surface area contributed by atoms with Crippen molar-refractivity contribution in [3.63, 3.8) is 0 Å². The molecule has 0 saturated heterocycles. The van der Waals surface area contributed by atoms with Crippen LogP contribution in [0.15, 0.2) is 40.5 Å². The van der Waals surface area contributed by atoms with Crippen molar-refractivity contribution in [3.8, 4) is 0 Å². The molecule has 18 heavy (non-hydrogen) atoms. The van der Waals surface area contributed by atoms with Crippen LogP contribution in [0.1, 0.15) is 16.1 Å². The first kappa shape index (κ1) is 11.4. The van der Waals surface area contributed by atoms with Gasteiger partial charge in [0, 0.05) is 28.9 Å². The van der Waals surface area contributed by atoms with Gasteiger partial charge in [-0.25, -0.2) is 4.98 Å². The Labute approximate surface area is 109 Å². The van der Waals surface area contributed by atoms with Gasteiger partial charge in [-0.1, -0.05) is 18.2 Å². The smallest absolute Gasteiger partial charge is 0.134 e. The third-order valence-electron chi connectivity index (χ3n) is 3.01. The third kappa shape index (κ3) is 2.17. The topological polar surface area (TPSA) is 38.1 Å². The third-order valence-corrected chi connectivity index (χ3v) is 3.94. The molecule has 0 radical (unpaired) electrons. The molecule has 0 spiro atoms. The Morgan fingerprint density at radius 2 is 2.17 bits per heavy atom. The zero-order valence-corrected chi connectivity index (χ0v) is 11.0. The van der Waals surface area contributed by atoms with Crippen molar-refractivity contribution in [2.75, 3.05) is 0 Å². The fraction of sp³-hybridized carbons (Fsp3) is 0.214. The summed E-state index contributed by atoms with van der Waals surface area (Å²) in [5.41, 5.74) is 5.15. The lowest BCUT2D eigenvalue weighted by atomic mass is 10.2. The molecule has 3 nitrogen and oxygen atoms in total. The van der Waals surface area contributed by atoms with Gasteiger partial charge in [0.15, 0.2) is 0 Å². The molecule has 0 fully saturated rings. The molecule has 1 N–H and O–H groups in total. The van der Waals surface area contributed by atoms with Crippen LogP contribution in [-0.2, 0) is 13.1 Å². The van der Waals surface area contributed by atoms with E-state index in [-0.39, 0.29) is 0 Å². The van der Waals surface area contributed by atoms with Gasteiger partial charge in [0.25, 0.3) is 0 Å². The molecule has 0 atom stereocenters. The Morgan fingerprint density at radius 3 is 3.00 bits per heavy atom. The highest BCUT2D eigenvalue weighted by molar-refractivity contribution is 7.09. The quantitative estimate of drug-likeness (QED) is 0.778. The van der Waals surface area contributed by atoms with Crippen LogP contribution in [0, 0.1) is 6.92 Å². The zero-order chi connectivity index (χ0) is 12.4. The number of furan rings is 1. The molecule has 2 aromatic heterocycles. The van der Waals surface area contributed by atoms with Crippen LogP contribution in [0.25, 0.3) is 11.0 Å². The average Bonchev–Trinajstić information content (AvgIpc) is 2.97. The summed E-state index contributed by atoms with van der Waals surface area (Å²) in [6.07, 6.45) is 1.83. The van der Waals surface area contributed by atoms with E-state index in [1.54, 1.807) is 11.3 Å². The zero-order valence-electron chi connectivity index (χ0n) is 10.1. The Kier molecular flexibility index (Phi) is 3.13. The summed E-state index contributed by atoms with van der Waals surface area (Å²) in [7, 11) is 0. The minimum atomic E-state index is 0.814. The Balaban J connectivity index is 1.68. The molecule has 0 unspecified atom stereocenters. The van der Waals surface area contributed by atoms with Crippen molar-refractivity contribution in [2.24, 2.45) is 0 Å². The van der Waals surface area contributed by atoms with Crippen molar-refractivity contribution < 1.29 is 4.42 Å². The van der Waals surface area contributed by atoms with Crippen LogP contribution in [0.3, 0.4) is 0 Å². The number of nitrogens with zero attached hydrogens (tertiary/aromatic N) is 1. The predicted molar refractivity (Wildman–Crippen MR) is 73.6 cm³/mol. The van der Waals surface area contributed by atoms with Gasteiger partial charge in [-0.3, -0.25) is 0 Å². The van der Waals surface area contributed by atoms with E-state index in [4.69, 9.17) is 4.42 Å². The van der Waals surface area contributed by atoms with Crippen LogP contribution in [0.5, 0.6) is 0 Å². The SMILES string of the molecule is Cc1ncsc1CNCc1coc2ccccc12. The van der Waals surface area contributed by atoms with Crippen LogP contribution >= 0.6 is 11.3 Å². The van der Waals surface area contributed by atoms with Gasteiger partial charge in [-0.05, 0) is 13.0 Å². The van der Waals surface area contributed by atoms with Gasteiger partial charge in [0.2, 0.25) is 0 Å². The second kappa shape index (κ2) is 4.92. The van der Waals surface area contributed by atoms with Crippen LogP contribution in [0.4, 0.5) is 0 Å². The average molecular weight is 258 g/mol. The molecule has 1 aromatic carbocycles. The fourth-order valence-electron chi connectivity index (χ4n) is 1.98. The second-order valence-corrected chi connectivity index (χ2v) is 5.16. The van der Waals surface area contributed by atoms with E-state index in [0.717, 1.165) is 24.4 Å². The Bertz CT molecular complexity index is 656. The monoisotopic (exact) mass is 258 g/mol. The van der Waals surface area contributed by atoms with E-state index < -0.39 is 0 Å². The molecule has 3 aromatic rings. The van der Waals surface area contributed by atoms with E-state index in [2.05, 4.69) is 16.4 Å². The van der Waals surface area contributed by atoms with Gasteiger partial charge >= 0.3 is 0 Å². The van der Waals surface area contributed by atoms with Crippen LogP contribution < -0.4 is 5.32 Å². The van der Waals surface area contributed by atoms with Crippen LogP contribution in [0.2, 0.25) is 0 Å². The predicted octanol–water partition coefficient (Wildman–Crippen LogP) is 3.49. The number of benzene rings is 1. The summed E-state index contributed by atoms with van der Waals surface area (Å²) in [6.45, 7) is 3.71. The number of nitrogens with one attached hydrogen (secondary N) is 1. The molecular weight excluding hydrogens is 244 g/mol. The van der Waals surface area contributed by atoms with Crippen molar-refractivity contribution in [3.05, 3.63) is 52.2 Å². The number of hydrogen-bond donors (Lipinski definition) is 1. The molecule has 0 bridgehead atoms. The highest BCUT2D eigenvalue weighted by atomic mass is 32.1. The largest absolute Gasteiger partial charge is 0.464 e. The maximum Gasteiger partial charge on any atom is 0.134 e. The molecule has 0 aliphatic heterocycles. The molecule has 0 saturated carbocycles. The van der Waals surface area contributed by atoms with Gasteiger partial charge in [-0.15, -0.1) is 11.3 Å². The molecule has 3 rings (SSSR count). The summed E-state index contributed by atoms with van der Waals surface area (Å²) >= 11 is 1.69. The lowest BCUT2D eigenvalue weighted by molar-refractivity contribution is 0.602. The molecule has 92 valence electrons. The molecule has 0 aliphatic carbocycles. The van der Waals surface area contributed by atoms with Gasteiger partial charge < -0.3 is 9.73 Å². The highest BCUT2D eigenvalue weighted by Gasteiger charge is 2.05. The number of rotatable bonds is 4. The van der Waals surface area contributed by atoms with Crippen molar-refractivity contribution >= 4 is 22.3 Å². The normalized spacial score (nSPS) is 11.2. The molecular formula is C14H14N2OS. The number of para-hydroxylation sites is 1. The summed E-state index contributed by atoms with van der Waals surface area (Å²) < 4.78 is 5.51. The van der Waals surface area contributed by atoms with Gasteiger partial charge in [-0.2, -0.15) is 0 Å².